The molecule has 4 heteroatoms. The van der Waals surface area contributed by atoms with Crippen molar-refractivity contribution in [3.8, 4) is 11.5 Å². The molecule has 2 aliphatic heterocycles. The minimum atomic E-state index is 0.234. The van der Waals surface area contributed by atoms with Gasteiger partial charge in [-0.25, -0.2) is 0 Å². The van der Waals surface area contributed by atoms with E-state index in [1.165, 1.54) is 33.3 Å². The lowest BCUT2D eigenvalue weighted by molar-refractivity contribution is 0.158. The summed E-state index contributed by atoms with van der Waals surface area (Å²) in [5, 5.41) is 11.4. The number of H-pyrrole nitrogens is 1. The van der Waals surface area contributed by atoms with Crippen LogP contribution in [0.25, 0.3) is 10.9 Å². The van der Waals surface area contributed by atoms with Crippen molar-refractivity contribution in [1.82, 2.24) is 9.88 Å². The van der Waals surface area contributed by atoms with Crippen LogP contribution in [0.4, 0.5) is 0 Å². The predicted molar refractivity (Wildman–Crippen MR) is 93.5 cm³/mol. The first-order valence-corrected chi connectivity index (χ1v) is 8.47. The zero-order valence-corrected chi connectivity index (χ0v) is 13.7. The fourth-order valence-electron chi connectivity index (χ4n) is 4.37. The van der Waals surface area contributed by atoms with Gasteiger partial charge in [-0.15, -0.1) is 0 Å². The number of aromatic amines is 1. The smallest absolute Gasteiger partial charge is 0.160 e. The lowest BCUT2D eigenvalue weighted by Gasteiger charge is -2.40. The van der Waals surface area contributed by atoms with Gasteiger partial charge in [-0.2, -0.15) is 0 Å². The van der Waals surface area contributed by atoms with Gasteiger partial charge < -0.3 is 14.8 Å². The van der Waals surface area contributed by atoms with E-state index in [2.05, 4.69) is 34.1 Å². The van der Waals surface area contributed by atoms with Crippen LogP contribution in [0.1, 0.15) is 28.4 Å². The number of nitrogens with one attached hydrogen (secondary N) is 1. The fraction of sp³-hybridized carbons (Fsp3) is 0.300. The van der Waals surface area contributed by atoms with Crippen molar-refractivity contribution in [2.24, 2.45) is 0 Å². The molecule has 122 valence electrons. The molecule has 3 aromatic rings. The van der Waals surface area contributed by atoms with Gasteiger partial charge in [-0.1, -0.05) is 18.2 Å². The summed E-state index contributed by atoms with van der Waals surface area (Å²) in [6, 6.07) is 12.8. The second-order valence-corrected chi connectivity index (χ2v) is 6.80. The van der Waals surface area contributed by atoms with E-state index in [0.29, 0.717) is 11.8 Å². The second kappa shape index (κ2) is 5.02. The van der Waals surface area contributed by atoms with Gasteiger partial charge in [0.15, 0.2) is 11.5 Å². The monoisotopic (exact) mass is 320 g/mol. The molecule has 0 amide bonds. The maximum absolute atomic E-state index is 10.1. The highest BCUT2D eigenvalue weighted by Gasteiger charge is 2.34. The van der Waals surface area contributed by atoms with Gasteiger partial charge in [0, 0.05) is 29.7 Å². The molecule has 0 saturated heterocycles. The number of fused-ring (bicyclic) bond motifs is 6. The summed E-state index contributed by atoms with van der Waals surface area (Å²) < 4.78 is 5.29. The Morgan fingerprint density at radius 1 is 1.21 bits per heavy atom. The van der Waals surface area contributed by atoms with Gasteiger partial charge >= 0.3 is 0 Å². The Morgan fingerprint density at radius 3 is 2.96 bits per heavy atom. The number of nitrogens with zero attached hydrogens (tertiary/aromatic N) is 1. The molecule has 1 atom stereocenters. The minimum absolute atomic E-state index is 0.234. The van der Waals surface area contributed by atoms with Crippen molar-refractivity contribution in [2.75, 3.05) is 13.7 Å². The third kappa shape index (κ3) is 1.89. The van der Waals surface area contributed by atoms with Crippen molar-refractivity contribution in [3.63, 3.8) is 0 Å². The highest BCUT2D eigenvalue weighted by molar-refractivity contribution is 5.85. The molecule has 0 bridgehead atoms. The molecule has 24 heavy (non-hydrogen) atoms. The topological polar surface area (TPSA) is 48.5 Å². The van der Waals surface area contributed by atoms with Crippen molar-refractivity contribution in [3.05, 3.63) is 58.8 Å². The Hall–Kier alpha value is -2.46. The van der Waals surface area contributed by atoms with Gasteiger partial charge in [0.1, 0.15) is 0 Å². The number of hydrogen-bond acceptors (Lipinski definition) is 3. The molecular weight excluding hydrogens is 300 g/mol. The Morgan fingerprint density at radius 2 is 2.08 bits per heavy atom. The van der Waals surface area contributed by atoms with Crippen LogP contribution in [0.5, 0.6) is 11.5 Å². The number of methoxy groups -OCH3 is 1. The Kier molecular flexibility index (Phi) is 2.91. The minimum Gasteiger partial charge on any atom is -0.504 e. The summed E-state index contributed by atoms with van der Waals surface area (Å²) in [5.41, 5.74) is 6.56. The van der Waals surface area contributed by atoms with E-state index in [-0.39, 0.29) is 5.75 Å². The maximum Gasteiger partial charge on any atom is 0.160 e. The number of rotatable bonds is 1. The number of aromatic nitrogens is 1. The van der Waals surface area contributed by atoms with Crippen LogP contribution >= 0.6 is 0 Å². The summed E-state index contributed by atoms with van der Waals surface area (Å²) in [5.74, 6) is 0.799. The number of hydrogen-bond donors (Lipinski definition) is 2. The average Bonchev–Trinajstić information content (AvgIpc) is 2.98. The van der Waals surface area contributed by atoms with Crippen molar-refractivity contribution in [2.45, 2.75) is 25.4 Å². The van der Waals surface area contributed by atoms with Crippen LogP contribution in [-0.2, 0) is 19.4 Å². The van der Waals surface area contributed by atoms with E-state index >= 15 is 0 Å². The predicted octanol–water partition coefficient (Wildman–Crippen LogP) is 3.54. The molecule has 0 spiro atoms. The Bertz CT molecular complexity index is 944. The third-order valence-corrected chi connectivity index (χ3v) is 5.56. The Labute approximate surface area is 140 Å². The van der Waals surface area contributed by atoms with Crippen LogP contribution < -0.4 is 4.74 Å². The van der Waals surface area contributed by atoms with Gasteiger partial charge in [-0.3, -0.25) is 4.90 Å². The molecule has 2 N–H and O–H groups in total. The molecule has 5 rings (SSSR count). The lowest BCUT2D eigenvalue weighted by atomic mass is 9.87. The summed E-state index contributed by atoms with van der Waals surface area (Å²) >= 11 is 0. The third-order valence-electron chi connectivity index (χ3n) is 5.56. The molecule has 0 fully saturated rings. The van der Waals surface area contributed by atoms with Crippen LogP contribution in [0.2, 0.25) is 0 Å². The van der Waals surface area contributed by atoms with Crippen LogP contribution in [0, 0.1) is 0 Å². The van der Waals surface area contributed by atoms with E-state index in [0.717, 1.165) is 25.9 Å². The van der Waals surface area contributed by atoms with E-state index in [1.807, 2.05) is 12.1 Å². The van der Waals surface area contributed by atoms with E-state index < -0.39 is 0 Å². The van der Waals surface area contributed by atoms with Crippen molar-refractivity contribution >= 4 is 10.9 Å². The molecular formula is C20H20N2O2. The molecule has 4 nitrogen and oxygen atoms in total. The van der Waals surface area contributed by atoms with Gasteiger partial charge in [0.05, 0.1) is 13.2 Å². The van der Waals surface area contributed by atoms with E-state index in [4.69, 9.17) is 4.74 Å². The summed E-state index contributed by atoms with van der Waals surface area (Å²) in [6.07, 6.45) is 2.03. The van der Waals surface area contributed by atoms with Gasteiger partial charge in [0.2, 0.25) is 0 Å². The first-order valence-electron chi connectivity index (χ1n) is 8.47. The SMILES string of the molecule is COc1cc2c(cc1O)CN1CCc3c([nH]c4ccccc34)[C@@H]1C2. The normalized spacial score (nSPS) is 19.6. The van der Waals surface area contributed by atoms with Crippen molar-refractivity contribution in [1.29, 1.82) is 0 Å². The quantitative estimate of drug-likeness (QED) is 0.721. The average molecular weight is 320 g/mol. The molecule has 3 heterocycles. The maximum atomic E-state index is 10.1. The number of benzene rings is 2. The van der Waals surface area contributed by atoms with Crippen LogP contribution in [0.3, 0.4) is 0 Å². The van der Waals surface area contributed by atoms with Gasteiger partial charge in [0.25, 0.3) is 0 Å². The summed E-state index contributed by atoms with van der Waals surface area (Å²) in [6.45, 7) is 1.94. The van der Waals surface area contributed by atoms with E-state index in [1.54, 1.807) is 7.11 Å². The number of ether oxygens (including phenoxy) is 1. The summed E-state index contributed by atoms with van der Waals surface area (Å²) in [4.78, 5) is 6.18. The molecule has 0 aliphatic carbocycles. The standard InChI is InChI=1S/C20H20N2O2/c1-24-19-10-12-8-17-20-15(14-4-2-3-5-16(14)21-20)6-7-22(17)11-13(12)9-18(19)23/h2-5,9-10,17,21,23H,6-8,11H2,1H3/t17-/m0/s1. The number of para-hydroxylation sites is 1. The largest absolute Gasteiger partial charge is 0.504 e. The first kappa shape index (κ1) is 13.9. The number of phenolic OH excluding ortho intramolecular Hbond substituents is 1. The molecule has 2 aromatic carbocycles. The zero-order valence-electron chi connectivity index (χ0n) is 13.7. The second-order valence-electron chi connectivity index (χ2n) is 6.80. The first-order chi connectivity index (χ1) is 11.7. The van der Waals surface area contributed by atoms with Crippen LogP contribution in [0.15, 0.2) is 36.4 Å². The lowest BCUT2D eigenvalue weighted by Crippen LogP contribution is -2.39. The number of aromatic hydroxyl groups is 1. The van der Waals surface area contributed by atoms with Gasteiger partial charge in [-0.05, 0) is 47.7 Å². The van der Waals surface area contributed by atoms with E-state index in [9.17, 15) is 5.11 Å². The highest BCUT2D eigenvalue weighted by atomic mass is 16.5. The highest BCUT2D eigenvalue weighted by Crippen LogP contribution is 2.42. The Balaban J connectivity index is 1.62. The fourth-order valence-corrected chi connectivity index (χ4v) is 4.37. The van der Waals surface area contributed by atoms with Crippen LogP contribution in [-0.4, -0.2) is 28.6 Å². The van der Waals surface area contributed by atoms with Crippen molar-refractivity contribution < 1.29 is 9.84 Å². The molecule has 0 saturated carbocycles. The zero-order chi connectivity index (χ0) is 16.3. The molecule has 2 aliphatic rings. The molecule has 0 radical (unpaired) electrons. The summed E-state index contributed by atoms with van der Waals surface area (Å²) in [7, 11) is 1.60. The molecule has 0 unspecified atom stereocenters. The number of phenols is 1. The molecule has 1 aromatic heterocycles.